The van der Waals surface area contributed by atoms with Gasteiger partial charge in [0.15, 0.2) is 0 Å². The number of hydrogen-bond acceptors (Lipinski definition) is 5. The van der Waals surface area contributed by atoms with Crippen molar-refractivity contribution in [3.05, 3.63) is 12.1 Å². The first-order chi connectivity index (χ1) is 9.06. The molecule has 0 fully saturated rings. The van der Waals surface area contributed by atoms with E-state index in [0.717, 1.165) is 18.0 Å². The van der Waals surface area contributed by atoms with E-state index in [9.17, 15) is 0 Å². The van der Waals surface area contributed by atoms with Crippen LogP contribution in [-0.2, 0) is 0 Å². The molecule has 0 amide bonds. The highest BCUT2D eigenvalue weighted by Gasteiger charge is 2.09. The molecule has 0 radical (unpaired) electrons. The van der Waals surface area contributed by atoms with Crippen LogP contribution in [0.2, 0.25) is 0 Å². The van der Waals surface area contributed by atoms with Crippen molar-refractivity contribution in [3.8, 4) is 5.88 Å². The molecule has 1 rings (SSSR count). The number of thioether (sulfide) groups is 1. The molecule has 1 unspecified atom stereocenters. The first kappa shape index (κ1) is 16.0. The van der Waals surface area contributed by atoms with Gasteiger partial charge >= 0.3 is 0 Å². The van der Waals surface area contributed by atoms with Crippen molar-refractivity contribution in [3.63, 3.8) is 0 Å². The van der Waals surface area contributed by atoms with Gasteiger partial charge in [0.2, 0.25) is 5.88 Å². The summed E-state index contributed by atoms with van der Waals surface area (Å²) in [5, 5.41) is 3.42. The molecular formula is C14H25N3OS. The Morgan fingerprint density at radius 2 is 2.16 bits per heavy atom. The molecule has 0 saturated carbocycles. The molecule has 0 bridgehead atoms. The van der Waals surface area contributed by atoms with Crippen molar-refractivity contribution in [1.82, 2.24) is 4.98 Å². The molecule has 0 aromatic carbocycles. The highest BCUT2D eigenvalue weighted by atomic mass is 32.2. The molecule has 108 valence electrons. The third kappa shape index (κ3) is 5.59. The second-order valence-corrected chi connectivity index (χ2v) is 5.91. The Hall–Kier alpha value is -1.10. The zero-order valence-corrected chi connectivity index (χ0v) is 13.1. The maximum Gasteiger partial charge on any atom is 0.239 e. The summed E-state index contributed by atoms with van der Waals surface area (Å²) in [6.45, 7) is 7.00. The lowest BCUT2D eigenvalue weighted by atomic mass is 10.2. The lowest BCUT2D eigenvalue weighted by molar-refractivity contribution is 0.263. The fourth-order valence-electron chi connectivity index (χ4n) is 1.56. The molecule has 5 heteroatoms. The first-order valence-electron chi connectivity index (χ1n) is 6.71. The Kier molecular flexibility index (Phi) is 6.84. The summed E-state index contributed by atoms with van der Waals surface area (Å²) in [6, 6.07) is 4.17. The molecule has 1 aromatic heterocycles. The number of nitrogens with two attached hydrogens (primary N) is 1. The summed E-state index contributed by atoms with van der Waals surface area (Å²) in [6.07, 6.45) is 3.17. The highest BCUT2D eigenvalue weighted by Crippen LogP contribution is 2.22. The summed E-state index contributed by atoms with van der Waals surface area (Å²) in [7, 11) is 0. The minimum Gasteiger partial charge on any atom is -0.476 e. The predicted octanol–water partition coefficient (Wildman–Crippen LogP) is 3.25. The number of nitrogens with zero attached hydrogens (tertiary/aromatic N) is 1. The molecule has 1 aromatic rings. The van der Waals surface area contributed by atoms with Crippen LogP contribution >= 0.6 is 11.8 Å². The van der Waals surface area contributed by atoms with E-state index in [4.69, 9.17) is 10.5 Å². The average molecular weight is 283 g/mol. The predicted molar refractivity (Wildman–Crippen MR) is 85.1 cm³/mol. The molecule has 0 aliphatic carbocycles. The highest BCUT2D eigenvalue weighted by molar-refractivity contribution is 7.98. The van der Waals surface area contributed by atoms with Crippen LogP contribution in [0.4, 0.5) is 11.5 Å². The smallest absolute Gasteiger partial charge is 0.239 e. The minimum atomic E-state index is 0.420. The third-order valence-corrected chi connectivity index (χ3v) is 3.39. The van der Waals surface area contributed by atoms with Crippen LogP contribution in [0.3, 0.4) is 0 Å². The Bertz CT molecular complexity index is 385. The monoisotopic (exact) mass is 283 g/mol. The Morgan fingerprint density at radius 1 is 1.42 bits per heavy atom. The molecule has 0 aliphatic rings. The summed E-state index contributed by atoms with van der Waals surface area (Å²) >= 11 is 1.83. The van der Waals surface area contributed by atoms with Crippen molar-refractivity contribution < 1.29 is 4.74 Å². The van der Waals surface area contributed by atoms with E-state index in [1.165, 1.54) is 0 Å². The number of rotatable bonds is 8. The van der Waals surface area contributed by atoms with Crippen LogP contribution in [0.25, 0.3) is 0 Å². The number of ether oxygens (including phenoxy) is 1. The van der Waals surface area contributed by atoms with E-state index >= 15 is 0 Å². The van der Waals surface area contributed by atoms with Gasteiger partial charge in [-0.05, 0) is 30.7 Å². The van der Waals surface area contributed by atoms with Crippen LogP contribution in [0.1, 0.15) is 27.2 Å². The van der Waals surface area contributed by atoms with E-state index < -0.39 is 0 Å². The van der Waals surface area contributed by atoms with Crippen molar-refractivity contribution in [2.75, 3.05) is 29.7 Å². The number of aromatic nitrogens is 1. The fourth-order valence-corrected chi connectivity index (χ4v) is 2.29. The Balaban J connectivity index is 2.71. The lowest BCUT2D eigenvalue weighted by Gasteiger charge is -2.17. The molecule has 19 heavy (non-hydrogen) atoms. The number of nitrogen functional groups attached to an aromatic ring is 1. The number of anilines is 2. The molecule has 1 heterocycles. The topological polar surface area (TPSA) is 60.2 Å². The van der Waals surface area contributed by atoms with Gasteiger partial charge in [-0.1, -0.05) is 20.8 Å². The zero-order chi connectivity index (χ0) is 14.3. The molecule has 4 nitrogen and oxygen atoms in total. The van der Waals surface area contributed by atoms with Gasteiger partial charge in [-0.3, -0.25) is 0 Å². The summed E-state index contributed by atoms with van der Waals surface area (Å²) in [5.41, 5.74) is 6.47. The van der Waals surface area contributed by atoms with E-state index in [2.05, 4.69) is 37.3 Å². The summed E-state index contributed by atoms with van der Waals surface area (Å²) < 4.78 is 5.63. The van der Waals surface area contributed by atoms with Gasteiger partial charge < -0.3 is 15.8 Å². The average Bonchev–Trinajstić information content (AvgIpc) is 2.38. The molecular weight excluding hydrogens is 258 g/mol. The molecule has 3 N–H and O–H groups in total. The van der Waals surface area contributed by atoms with Crippen molar-refractivity contribution in [2.24, 2.45) is 5.92 Å². The maximum atomic E-state index is 5.88. The van der Waals surface area contributed by atoms with Gasteiger partial charge in [-0.2, -0.15) is 16.7 Å². The van der Waals surface area contributed by atoms with Crippen LogP contribution in [0.15, 0.2) is 12.1 Å². The number of nitrogens with one attached hydrogen (secondary N) is 1. The van der Waals surface area contributed by atoms with Crippen LogP contribution < -0.4 is 15.8 Å². The van der Waals surface area contributed by atoms with Crippen LogP contribution in [-0.4, -0.2) is 29.6 Å². The van der Waals surface area contributed by atoms with Gasteiger partial charge in [0, 0.05) is 11.8 Å². The molecule has 0 spiro atoms. The standard InChI is InChI=1S/C14H25N3OS/c1-5-11(9-19-4)16-13-7-6-12(15)14(17-13)18-8-10(2)3/h6-7,10-11H,5,8-9,15H2,1-4H3,(H,16,17). The maximum absolute atomic E-state index is 5.88. The third-order valence-electron chi connectivity index (χ3n) is 2.66. The number of hydrogen-bond donors (Lipinski definition) is 2. The van der Waals surface area contributed by atoms with Gasteiger partial charge in [0.1, 0.15) is 5.82 Å². The van der Waals surface area contributed by atoms with Crippen molar-refractivity contribution in [1.29, 1.82) is 0 Å². The van der Waals surface area contributed by atoms with Gasteiger partial charge in [-0.15, -0.1) is 0 Å². The van der Waals surface area contributed by atoms with Gasteiger partial charge in [0.25, 0.3) is 0 Å². The van der Waals surface area contributed by atoms with Crippen LogP contribution in [0.5, 0.6) is 5.88 Å². The first-order valence-corrected chi connectivity index (χ1v) is 8.11. The normalized spacial score (nSPS) is 12.5. The second kappa shape index (κ2) is 8.15. The molecule has 0 aliphatic heterocycles. The number of pyridine rings is 1. The van der Waals surface area contributed by atoms with Gasteiger partial charge in [-0.25, -0.2) is 0 Å². The van der Waals surface area contributed by atoms with Crippen molar-refractivity contribution in [2.45, 2.75) is 33.2 Å². The fraction of sp³-hybridized carbons (Fsp3) is 0.643. The van der Waals surface area contributed by atoms with Crippen molar-refractivity contribution >= 4 is 23.3 Å². The molecule has 0 saturated heterocycles. The van der Waals surface area contributed by atoms with Crippen LogP contribution in [0, 0.1) is 5.92 Å². The summed E-state index contributed by atoms with van der Waals surface area (Å²) in [4.78, 5) is 4.45. The minimum absolute atomic E-state index is 0.420. The van der Waals surface area contributed by atoms with E-state index in [1.54, 1.807) is 0 Å². The van der Waals surface area contributed by atoms with E-state index in [0.29, 0.717) is 30.1 Å². The summed E-state index contributed by atoms with van der Waals surface area (Å²) in [5.74, 6) is 2.87. The SMILES string of the molecule is CCC(CSC)Nc1ccc(N)c(OCC(C)C)n1. The molecule has 1 atom stereocenters. The Labute approximate surface area is 120 Å². The zero-order valence-electron chi connectivity index (χ0n) is 12.3. The van der Waals surface area contributed by atoms with E-state index in [1.807, 2.05) is 23.9 Å². The van der Waals surface area contributed by atoms with E-state index in [-0.39, 0.29) is 0 Å². The quantitative estimate of drug-likeness (QED) is 0.767. The van der Waals surface area contributed by atoms with Gasteiger partial charge in [0.05, 0.1) is 12.3 Å². The second-order valence-electron chi connectivity index (χ2n) is 5.00. The Morgan fingerprint density at radius 3 is 2.74 bits per heavy atom. The largest absolute Gasteiger partial charge is 0.476 e. The lowest BCUT2D eigenvalue weighted by Crippen LogP contribution is -2.22.